The molecule has 21 heavy (non-hydrogen) atoms. The molecule has 0 saturated heterocycles. The van der Waals surface area contributed by atoms with Crippen molar-refractivity contribution in [2.45, 2.75) is 25.3 Å². The summed E-state index contributed by atoms with van der Waals surface area (Å²) < 4.78 is 0. The highest BCUT2D eigenvalue weighted by Gasteiger charge is 2.15. The van der Waals surface area contributed by atoms with Gasteiger partial charge in [0, 0.05) is 19.9 Å². The topological polar surface area (TPSA) is 61.4 Å². The molecule has 0 aliphatic rings. The van der Waals surface area contributed by atoms with Crippen molar-refractivity contribution in [3.63, 3.8) is 0 Å². The van der Waals surface area contributed by atoms with Crippen LogP contribution in [0.5, 0.6) is 0 Å². The second-order valence-corrected chi connectivity index (χ2v) is 5.30. The van der Waals surface area contributed by atoms with Gasteiger partial charge in [-0.15, -0.1) is 0 Å². The van der Waals surface area contributed by atoms with E-state index in [1.165, 1.54) is 0 Å². The van der Waals surface area contributed by atoms with Gasteiger partial charge in [-0.05, 0) is 32.6 Å². The van der Waals surface area contributed by atoms with E-state index < -0.39 is 0 Å². The highest BCUT2D eigenvalue weighted by atomic mass is 16.2. The van der Waals surface area contributed by atoms with Crippen LogP contribution < -0.4 is 10.6 Å². The minimum absolute atomic E-state index is 0.0224. The van der Waals surface area contributed by atoms with Crippen molar-refractivity contribution in [3.8, 4) is 0 Å². The molecule has 0 aromatic heterocycles. The molecule has 2 N–H and O–H groups in total. The van der Waals surface area contributed by atoms with Gasteiger partial charge in [-0.1, -0.05) is 30.3 Å². The van der Waals surface area contributed by atoms with Gasteiger partial charge in [-0.3, -0.25) is 9.59 Å². The lowest BCUT2D eigenvalue weighted by Gasteiger charge is -2.21. The Morgan fingerprint density at radius 2 is 1.71 bits per heavy atom. The van der Waals surface area contributed by atoms with Crippen LogP contribution in [0.2, 0.25) is 0 Å². The van der Waals surface area contributed by atoms with E-state index in [2.05, 4.69) is 15.5 Å². The van der Waals surface area contributed by atoms with Crippen molar-refractivity contribution in [2.75, 3.05) is 27.7 Å². The molecule has 2 amide bonds. The fraction of sp³-hybridized carbons (Fsp3) is 0.500. The summed E-state index contributed by atoms with van der Waals surface area (Å²) in [6.07, 6.45) is 1.27. The number of hydrogen-bond donors (Lipinski definition) is 2. The van der Waals surface area contributed by atoms with Crippen LogP contribution in [-0.4, -0.2) is 44.4 Å². The van der Waals surface area contributed by atoms with Crippen LogP contribution in [0.4, 0.5) is 0 Å². The zero-order chi connectivity index (χ0) is 15.7. The van der Waals surface area contributed by atoms with E-state index in [9.17, 15) is 9.59 Å². The minimum atomic E-state index is -0.116. The van der Waals surface area contributed by atoms with E-state index in [4.69, 9.17) is 0 Å². The average molecular weight is 291 g/mol. The third kappa shape index (κ3) is 6.90. The van der Waals surface area contributed by atoms with Crippen LogP contribution in [-0.2, 0) is 9.59 Å². The second-order valence-electron chi connectivity index (χ2n) is 5.30. The first kappa shape index (κ1) is 17.2. The number of hydrogen-bond acceptors (Lipinski definition) is 3. The quantitative estimate of drug-likeness (QED) is 0.759. The molecule has 0 bridgehead atoms. The number of nitrogens with zero attached hydrogens (tertiary/aromatic N) is 1. The van der Waals surface area contributed by atoms with Crippen LogP contribution in [0.1, 0.15) is 30.9 Å². The zero-order valence-corrected chi connectivity index (χ0v) is 13.1. The lowest BCUT2D eigenvalue weighted by Crippen LogP contribution is -2.31. The summed E-state index contributed by atoms with van der Waals surface area (Å²) in [6.45, 7) is 0.884. The molecule has 0 spiro atoms. The number of nitrogens with one attached hydrogen (secondary N) is 2. The van der Waals surface area contributed by atoms with E-state index in [0.717, 1.165) is 18.5 Å². The standard InChI is InChI=1S/C16H25N3O2/c1-17-15(20)9-10-16(21)18-14(11-12-19(2)3)13-7-5-4-6-8-13/h4-8,14H,9-12H2,1-3H3,(H,17,20)(H,18,21). The van der Waals surface area contributed by atoms with Crippen LogP contribution in [0.25, 0.3) is 0 Å². The van der Waals surface area contributed by atoms with Gasteiger partial charge in [0.05, 0.1) is 6.04 Å². The SMILES string of the molecule is CNC(=O)CCC(=O)NC(CCN(C)C)c1ccccc1. The maximum atomic E-state index is 12.0. The molecule has 1 atom stereocenters. The molecule has 1 aromatic carbocycles. The van der Waals surface area contributed by atoms with Gasteiger partial charge in [-0.25, -0.2) is 0 Å². The van der Waals surface area contributed by atoms with Crippen molar-refractivity contribution in [2.24, 2.45) is 0 Å². The van der Waals surface area contributed by atoms with Gasteiger partial charge in [0.2, 0.25) is 11.8 Å². The molecular formula is C16H25N3O2. The Morgan fingerprint density at radius 1 is 1.10 bits per heavy atom. The highest BCUT2D eigenvalue weighted by molar-refractivity contribution is 5.83. The predicted molar refractivity (Wildman–Crippen MR) is 83.8 cm³/mol. The number of rotatable bonds is 8. The van der Waals surface area contributed by atoms with Crippen LogP contribution in [0.15, 0.2) is 30.3 Å². The molecule has 0 aliphatic carbocycles. The molecule has 1 unspecified atom stereocenters. The molecule has 0 saturated carbocycles. The molecule has 116 valence electrons. The Labute approximate surface area is 126 Å². The van der Waals surface area contributed by atoms with Crippen molar-refractivity contribution < 1.29 is 9.59 Å². The maximum absolute atomic E-state index is 12.0. The average Bonchev–Trinajstić information content (AvgIpc) is 2.49. The monoisotopic (exact) mass is 291 g/mol. The van der Waals surface area contributed by atoms with Gasteiger partial charge in [0.15, 0.2) is 0 Å². The number of carbonyl (C=O) groups is 2. The first-order chi connectivity index (χ1) is 10.0. The van der Waals surface area contributed by atoms with E-state index in [1.807, 2.05) is 44.4 Å². The third-order valence-corrected chi connectivity index (χ3v) is 3.26. The predicted octanol–water partition coefficient (Wildman–Crippen LogP) is 1.32. The summed E-state index contributed by atoms with van der Waals surface area (Å²) in [5.74, 6) is -0.207. The lowest BCUT2D eigenvalue weighted by atomic mass is 10.0. The summed E-state index contributed by atoms with van der Waals surface area (Å²) in [5, 5.41) is 5.54. The highest BCUT2D eigenvalue weighted by Crippen LogP contribution is 2.17. The largest absolute Gasteiger partial charge is 0.359 e. The Kier molecular flexibility index (Phi) is 7.46. The summed E-state index contributed by atoms with van der Waals surface area (Å²) in [5.41, 5.74) is 1.09. The Morgan fingerprint density at radius 3 is 2.29 bits per heavy atom. The van der Waals surface area contributed by atoms with E-state index >= 15 is 0 Å². The molecule has 0 radical (unpaired) electrons. The van der Waals surface area contributed by atoms with E-state index in [0.29, 0.717) is 0 Å². The van der Waals surface area contributed by atoms with Gasteiger partial charge in [0.1, 0.15) is 0 Å². The zero-order valence-electron chi connectivity index (χ0n) is 13.1. The summed E-state index contributed by atoms with van der Waals surface area (Å²) in [6, 6.07) is 9.90. The Hall–Kier alpha value is -1.88. The summed E-state index contributed by atoms with van der Waals surface area (Å²) in [4.78, 5) is 25.3. The van der Waals surface area contributed by atoms with Crippen LogP contribution in [0, 0.1) is 0 Å². The smallest absolute Gasteiger partial charge is 0.220 e. The van der Waals surface area contributed by atoms with Crippen molar-refractivity contribution in [1.82, 2.24) is 15.5 Å². The van der Waals surface area contributed by atoms with E-state index in [1.54, 1.807) is 7.05 Å². The third-order valence-electron chi connectivity index (χ3n) is 3.26. The van der Waals surface area contributed by atoms with Crippen molar-refractivity contribution in [3.05, 3.63) is 35.9 Å². The van der Waals surface area contributed by atoms with Gasteiger partial charge in [-0.2, -0.15) is 0 Å². The number of amides is 2. The second kappa shape index (κ2) is 9.13. The molecule has 5 nitrogen and oxygen atoms in total. The van der Waals surface area contributed by atoms with E-state index in [-0.39, 0.29) is 30.7 Å². The fourth-order valence-electron chi connectivity index (χ4n) is 2.01. The Balaban J connectivity index is 2.60. The molecule has 0 fully saturated rings. The maximum Gasteiger partial charge on any atom is 0.220 e. The molecule has 1 aromatic rings. The first-order valence-electron chi connectivity index (χ1n) is 7.22. The first-order valence-corrected chi connectivity index (χ1v) is 7.22. The normalized spacial score (nSPS) is 12.0. The fourth-order valence-corrected chi connectivity index (χ4v) is 2.01. The molecular weight excluding hydrogens is 266 g/mol. The Bertz CT molecular complexity index is 446. The molecule has 0 aliphatic heterocycles. The minimum Gasteiger partial charge on any atom is -0.359 e. The van der Waals surface area contributed by atoms with Gasteiger partial charge < -0.3 is 15.5 Å². The number of benzene rings is 1. The molecule has 5 heteroatoms. The summed E-state index contributed by atoms with van der Waals surface area (Å²) >= 11 is 0. The van der Waals surface area contributed by atoms with Crippen LogP contribution in [0.3, 0.4) is 0 Å². The van der Waals surface area contributed by atoms with Gasteiger partial charge in [0.25, 0.3) is 0 Å². The summed E-state index contributed by atoms with van der Waals surface area (Å²) in [7, 11) is 5.59. The molecule has 0 heterocycles. The van der Waals surface area contributed by atoms with Crippen molar-refractivity contribution >= 4 is 11.8 Å². The van der Waals surface area contributed by atoms with Crippen molar-refractivity contribution in [1.29, 1.82) is 0 Å². The van der Waals surface area contributed by atoms with Crippen LogP contribution >= 0.6 is 0 Å². The van der Waals surface area contributed by atoms with Gasteiger partial charge >= 0.3 is 0 Å². The number of carbonyl (C=O) groups excluding carboxylic acids is 2. The molecule has 1 rings (SSSR count). The lowest BCUT2D eigenvalue weighted by molar-refractivity contribution is -0.126.